The molecule has 4 heteroatoms. The average Bonchev–Trinajstić information content (AvgIpc) is 1.37. The normalized spacial score (nSPS) is 7.50. The summed E-state index contributed by atoms with van der Waals surface area (Å²) in [6.07, 6.45) is 0. The van der Waals surface area contributed by atoms with Crippen LogP contribution in [0, 0.1) is 5.21 Å². The Morgan fingerprint density at radius 2 is 2.25 bits per heavy atom. The molecule has 0 heterocycles. The van der Waals surface area contributed by atoms with Crippen molar-refractivity contribution in [1.82, 2.24) is 5.64 Å². The molecule has 2 N–H and O–H groups in total. The molecule has 0 bridgehead atoms. The minimum absolute atomic E-state index is 0.736. The summed E-state index contributed by atoms with van der Waals surface area (Å²) in [6, 6.07) is 0. The van der Waals surface area contributed by atoms with Crippen LogP contribution in [-0.2, 0) is 4.99 Å². The lowest BCUT2D eigenvalue weighted by Gasteiger charge is -1.94. The molecule has 0 radical (unpaired) electrons. The second-order valence-electron chi connectivity index (χ2n) is 0.175. The largest absolute Gasteiger partial charge is 0.763 e. The molecule has 0 aromatic rings. The fourth-order valence-corrected chi connectivity index (χ4v) is 0. The summed E-state index contributed by atoms with van der Waals surface area (Å²) in [6.45, 7) is 0. The lowest BCUT2D eigenvalue weighted by atomic mass is 13.2. The van der Waals surface area contributed by atoms with Crippen molar-refractivity contribution in [3.63, 3.8) is 0 Å². The first kappa shape index (κ1) is 3.84. The average molecular weight is 64.0 g/mol. The van der Waals surface area contributed by atoms with Crippen molar-refractivity contribution in [3.05, 3.63) is 5.21 Å². The van der Waals surface area contributed by atoms with Crippen molar-refractivity contribution in [2.24, 2.45) is 0 Å². The van der Waals surface area contributed by atoms with Crippen LogP contribution in [0.2, 0.25) is 0 Å². The first-order valence-electron chi connectivity index (χ1n) is 0.591. The Kier molecular flexibility index (Phi) is 2.73. The maximum absolute atomic E-state index is 8.58. The minimum Gasteiger partial charge on any atom is -0.763 e. The van der Waals surface area contributed by atoms with Crippen LogP contribution >= 0.6 is 0 Å². The van der Waals surface area contributed by atoms with Gasteiger partial charge in [0.2, 0.25) is 0 Å². The van der Waals surface area contributed by atoms with Gasteiger partial charge in [0.25, 0.3) is 0 Å². The van der Waals surface area contributed by atoms with Gasteiger partial charge < -0.3 is 5.21 Å². The van der Waals surface area contributed by atoms with E-state index in [1.807, 2.05) is 0 Å². The van der Waals surface area contributed by atoms with E-state index in [1.54, 1.807) is 0 Å². The predicted molar refractivity (Wildman–Crippen MR) is 10.2 cm³/mol. The summed E-state index contributed by atoms with van der Waals surface area (Å²) in [4.78, 5) is 2.74. The molecule has 0 aliphatic carbocycles. The lowest BCUT2D eigenvalue weighted by molar-refractivity contribution is -0.280. The molecule has 4 nitrogen and oxygen atoms in total. The summed E-state index contributed by atoms with van der Waals surface area (Å²) in [7, 11) is 0. The van der Waals surface area contributed by atoms with E-state index in [0.29, 0.717) is 0 Å². The van der Waals surface area contributed by atoms with Gasteiger partial charge in [-0.3, -0.25) is 0 Å². The van der Waals surface area contributed by atoms with Gasteiger partial charge in [0.1, 0.15) is 0 Å². The van der Waals surface area contributed by atoms with E-state index in [4.69, 9.17) is 10.5 Å². The second-order valence-corrected chi connectivity index (χ2v) is 0.175. The number of hydrogen-bond donors (Lipinski definition) is 2. The van der Waals surface area contributed by atoms with Crippen LogP contribution in [0.3, 0.4) is 0 Å². The topological polar surface area (TPSA) is 64.5 Å². The molecule has 0 rings (SSSR count). The molecule has 4 heavy (non-hydrogen) atoms. The van der Waals surface area contributed by atoms with Crippen LogP contribution < -0.4 is 5.64 Å². The molecule has 0 spiro atoms. The van der Waals surface area contributed by atoms with Crippen molar-refractivity contribution in [1.29, 1.82) is 0 Å². The Bertz CT molecular complexity index is 5.25. The molecular formula is H2NO3-. The van der Waals surface area contributed by atoms with Crippen LogP contribution in [-0.4, -0.2) is 5.26 Å². The molecule has 0 aliphatic heterocycles. The molecule has 0 saturated heterocycles. The van der Waals surface area contributed by atoms with Crippen LogP contribution in [0.25, 0.3) is 0 Å². The maximum atomic E-state index is 8.58. The molecule has 26 valence electrons. The van der Waals surface area contributed by atoms with E-state index < -0.39 is 0 Å². The van der Waals surface area contributed by atoms with Crippen LogP contribution in [0.15, 0.2) is 0 Å². The highest BCUT2D eigenvalue weighted by Crippen LogP contribution is 1.33. The summed E-state index contributed by atoms with van der Waals surface area (Å²) in [5, 5.41) is 15.5. The van der Waals surface area contributed by atoms with Crippen molar-refractivity contribution in [2.45, 2.75) is 0 Å². The van der Waals surface area contributed by atoms with Crippen molar-refractivity contribution in [2.75, 3.05) is 0 Å². The highest BCUT2D eigenvalue weighted by molar-refractivity contribution is 4.04. The number of nitrogens with one attached hydrogen (secondary N) is 1. The lowest BCUT2D eigenvalue weighted by Crippen LogP contribution is -1.97. The molecular weight excluding hydrogens is 62.0 g/mol. The third-order valence-corrected chi connectivity index (χ3v) is 0.0373. The van der Waals surface area contributed by atoms with Crippen LogP contribution in [0.1, 0.15) is 0 Å². The van der Waals surface area contributed by atoms with Gasteiger partial charge in [-0.25, -0.2) is 10.9 Å². The zero-order chi connectivity index (χ0) is 3.41. The Labute approximate surface area is 22.5 Å². The van der Waals surface area contributed by atoms with Gasteiger partial charge in [-0.2, -0.15) is 4.99 Å². The molecule has 0 aromatic heterocycles. The van der Waals surface area contributed by atoms with Gasteiger partial charge >= 0.3 is 0 Å². The molecule has 0 aromatic carbocycles. The fourth-order valence-electron chi connectivity index (χ4n) is 0. The molecule has 0 saturated carbocycles. The quantitative estimate of drug-likeness (QED) is 0.318. The molecule has 0 atom stereocenters. The first-order chi connectivity index (χ1) is 1.91. The van der Waals surface area contributed by atoms with Gasteiger partial charge in [-0.05, 0) is 0 Å². The molecule has 0 fully saturated rings. The third-order valence-electron chi connectivity index (χ3n) is 0.0373. The van der Waals surface area contributed by atoms with Gasteiger partial charge in [-0.15, -0.1) is 0 Å². The van der Waals surface area contributed by atoms with E-state index in [1.165, 1.54) is 0 Å². The Morgan fingerprint density at radius 1 is 2.00 bits per heavy atom. The zero-order valence-electron chi connectivity index (χ0n) is 1.76. The minimum atomic E-state index is 0.736. The van der Waals surface area contributed by atoms with E-state index in [9.17, 15) is 0 Å². The zero-order valence-corrected chi connectivity index (χ0v) is 1.76. The Morgan fingerprint density at radius 3 is 2.25 bits per heavy atom. The second kappa shape index (κ2) is 2.84. The summed E-state index contributed by atoms with van der Waals surface area (Å²) in [5.74, 6) is 0. The van der Waals surface area contributed by atoms with Gasteiger partial charge in [0, 0.05) is 0 Å². The summed E-state index contributed by atoms with van der Waals surface area (Å²) in [5.41, 5.74) is 0.736. The monoisotopic (exact) mass is 64.0 g/mol. The first-order valence-corrected chi connectivity index (χ1v) is 0.591. The van der Waals surface area contributed by atoms with Crippen LogP contribution in [0.4, 0.5) is 0 Å². The van der Waals surface area contributed by atoms with E-state index >= 15 is 0 Å². The SMILES string of the molecule is [O-]NOO. The highest BCUT2D eigenvalue weighted by Gasteiger charge is 1.36. The highest BCUT2D eigenvalue weighted by atomic mass is 17.2. The number of rotatable bonds is 1. The maximum Gasteiger partial charge on any atom is -0.159 e. The fraction of sp³-hybridized carbons (Fsp3) is 0. The summed E-state index contributed by atoms with van der Waals surface area (Å²) >= 11 is 0. The van der Waals surface area contributed by atoms with Crippen molar-refractivity contribution < 1.29 is 10.2 Å². The van der Waals surface area contributed by atoms with E-state index in [2.05, 4.69) is 4.99 Å². The van der Waals surface area contributed by atoms with E-state index in [0.717, 1.165) is 5.64 Å². The Hall–Kier alpha value is -0.160. The summed E-state index contributed by atoms with van der Waals surface area (Å²) < 4.78 is 0. The van der Waals surface area contributed by atoms with Crippen molar-refractivity contribution >= 4 is 0 Å². The van der Waals surface area contributed by atoms with Crippen molar-refractivity contribution in [3.8, 4) is 0 Å². The van der Waals surface area contributed by atoms with Gasteiger partial charge in [0.15, 0.2) is 0 Å². The smallest absolute Gasteiger partial charge is 0.159 e. The number of hydrogen-bond acceptors (Lipinski definition) is 4. The predicted octanol–water partition coefficient (Wildman–Crippen LogP) is -0.522. The van der Waals surface area contributed by atoms with Gasteiger partial charge in [-0.1, -0.05) is 0 Å². The Balaban J connectivity index is 1.97. The third kappa shape index (κ3) is 1.84. The molecule has 0 unspecified atom stereocenters. The molecule has 0 amide bonds. The molecule has 0 aliphatic rings. The standard InChI is InChI=1S/H2NO3/c2-1-4-3/h1,3H/q-1. The van der Waals surface area contributed by atoms with E-state index in [-0.39, 0.29) is 0 Å². The van der Waals surface area contributed by atoms with Gasteiger partial charge in [0.05, 0.1) is 0 Å². The van der Waals surface area contributed by atoms with Crippen LogP contribution in [0.5, 0.6) is 0 Å².